The van der Waals surface area contributed by atoms with Crippen molar-refractivity contribution in [2.45, 2.75) is 32.9 Å². The molecule has 0 unspecified atom stereocenters. The van der Waals surface area contributed by atoms with Gasteiger partial charge < -0.3 is 10.4 Å². The Hall–Kier alpha value is -3.48. The number of carboxylic acids is 1. The maximum absolute atomic E-state index is 12.3. The van der Waals surface area contributed by atoms with E-state index in [-0.39, 0.29) is 12.5 Å². The Balaban J connectivity index is 1.82. The van der Waals surface area contributed by atoms with Gasteiger partial charge in [0.05, 0.1) is 5.69 Å². The molecule has 1 heterocycles. The van der Waals surface area contributed by atoms with Gasteiger partial charge in [0, 0.05) is 11.6 Å². The van der Waals surface area contributed by atoms with Crippen molar-refractivity contribution in [2.24, 2.45) is 5.92 Å². The molecule has 2 N–H and O–H groups in total. The van der Waals surface area contributed by atoms with Gasteiger partial charge in [-0.05, 0) is 35.2 Å². The maximum atomic E-state index is 12.3. The van der Waals surface area contributed by atoms with E-state index in [1.54, 1.807) is 6.07 Å². The number of amides is 1. The van der Waals surface area contributed by atoms with Crippen LogP contribution in [0.5, 0.6) is 0 Å². The van der Waals surface area contributed by atoms with E-state index >= 15 is 0 Å². The molecule has 29 heavy (non-hydrogen) atoms. The van der Waals surface area contributed by atoms with Crippen LogP contribution in [0.25, 0.3) is 22.0 Å². The van der Waals surface area contributed by atoms with Crippen LogP contribution in [0.3, 0.4) is 0 Å². The highest BCUT2D eigenvalue weighted by molar-refractivity contribution is 5.86. The molecular weight excluding hydrogens is 370 g/mol. The average Bonchev–Trinajstić information content (AvgIpc) is 2.68. The Bertz CT molecular complexity index is 1100. The van der Waals surface area contributed by atoms with Gasteiger partial charge in [-0.15, -0.1) is 0 Å². The molecular formula is C22H23N3O4. The number of hydrogen-bond donors (Lipinski definition) is 2. The van der Waals surface area contributed by atoms with Crippen LogP contribution < -0.4 is 10.9 Å². The summed E-state index contributed by atoms with van der Waals surface area (Å²) in [5, 5.41) is 18.2. The molecule has 0 fully saturated rings. The third-order valence-corrected chi connectivity index (χ3v) is 4.55. The molecule has 150 valence electrons. The molecule has 0 aliphatic rings. The number of benzene rings is 2. The Morgan fingerprint density at radius 1 is 1.07 bits per heavy atom. The average molecular weight is 393 g/mol. The van der Waals surface area contributed by atoms with Gasteiger partial charge in [-0.1, -0.05) is 50.2 Å². The highest BCUT2D eigenvalue weighted by Gasteiger charge is 2.21. The standard InChI is InChI=1S/C22H23N3O4/c1-14(2)11-19(22(28)29)23-20(26)13-25-21(27)10-9-18(24-25)17-8-7-15-5-3-4-6-16(15)12-17/h3-10,12,14,19H,11,13H2,1-2H3,(H,23,26)(H,28,29)/t19-/m1/s1. The highest BCUT2D eigenvalue weighted by atomic mass is 16.4. The zero-order valence-electron chi connectivity index (χ0n) is 16.3. The summed E-state index contributed by atoms with van der Waals surface area (Å²) in [6.45, 7) is 3.41. The molecule has 1 aromatic heterocycles. The molecule has 0 saturated heterocycles. The summed E-state index contributed by atoms with van der Waals surface area (Å²) in [6.07, 6.45) is 0.306. The predicted octanol–water partition coefficient (Wildman–Crippen LogP) is 2.68. The van der Waals surface area contributed by atoms with Crippen molar-refractivity contribution in [3.05, 3.63) is 65.0 Å². The fourth-order valence-electron chi connectivity index (χ4n) is 3.13. The zero-order valence-corrected chi connectivity index (χ0v) is 16.3. The lowest BCUT2D eigenvalue weighted by Crippen LogP contribution is -2.44. The summed E-state index contributed by atoms with van der Waals surface area (Å²) < 4.78 is 1.05. The molecule has 0 bridgehead atoms. The number of nitrogens with zero attached hydrogens (tertiary/aromatic N) is 2. The normalized spacial score (nSPS) is 12.1. The van der Waals surface area contributed by atoms with Gasteiger partial charge in [-0.2, -0.15) is 5.10 Å². The summed E-state index contributed by atoms with van der Waals surface area (Å²) in [6, 6.07) is 15.7. The number of fused-ring (bicyclic) bond motifs is 1. The lowest BCUT2D eigenvalue weighted by atomic mass is 10.0. The number of aliphatic carboxylic acids is 1. The van der Waals surface area contributed by atoms with E-state index in [0.717, 1.165) is 21.0 Å². The van der Waals surface area contributed by atoms with Crippen molar-refractivity contribution in [2.75, 3.05) is 0 Å². The van der Waals surface area contributed by atoms with Gasteiger partial charge in [-0.25, -0.2) is 9.48 Å². The molecule has 7 nitrogen and oxygen atoms in total. The second-order valence-corrected chi connectivity index (χ2v) is 7.36. The SMILES string of the molecule is CC(C)C[C@@H](NC(=O)Cn1nc(-c2ccc3ccccc3c2)ccc1=O)C(=O)O. The van der Waals surface area contributed by atoms with Crippen LogP contribution in [0.4, 0.5) is 0 Å². The maximum Gasteiger partial charge on any atom is 0.326 e. The number of hydrogen-bond acceptors (Lipinski definition) is 4. The Kier molecular flexibility index (Phi) is 6.07. The van der Waals surface area contributed by atoms with E-state index in [4.69, 9.17) is 0 Å². The summed E-state index contributed by atoms with van der Waals surface area (Å²) in [4.78, 5) is 35.8. The molecule has 3 rings (SSSR count). The van der Waals surface area contributed by atoms with Gasteiger partial charge in [-0.3, -0.25) is 9.59 Å². The summed E-state index contributed by atoms with van der Waals surface area (Å²) in [7, 11) is 0. The van der Waals surface area contributed by atoms with E-state index in [1.165, 1.54) is 6.07 Å². The molecule has 0 aliphatic carbocycles. The molecule has 7 heteroatoms. The Labute approximate surface area is 168 Å². The minimum absolute atomic E-state index is 0.105. The summed E-state index contributed by atoms with van der Waals surface area (Å²) in [5.41, 5.74) is 0.946. The number of nitrogens with one attached hydrogen (secondary N) is 1. The van der Waals surface area contributed by atoms with Crippen molar-refractivity contribution in [1.29, 1.82) is 0 Å². The van der Waals surface area contributed by atoms with E-state index in [2.05, 4.69) is 10.4 Å². The summed E-state index contributed by atoms with van der Waals surface area (Å²) in [5.74, 6) is -1.56. The number of carboxylic acid groups (broad SMARTS) is 1. The first-order chi connectivity index (χ1) is 13.8. The van der Waals surface area contributed by atoms with Crippen LogP contribution in [0.2, 0.25) is 0 Å². The van der Waals surface area contributed by atoms with Gasteiger partial charge in [0.2, 0.25) is 5.91 Å². The van der Waals surface area contributed by atoms with Gasteiger partial charge in [0.1, 0.15) is 12.6 Å². The van der Waals surface area contributed by atoms with Gasteiger partial charge in [0.15, 0.2) is 0 Å². The highest BCUT2D eigenvalue weighted by Crippen LogP contribution is 2.22. The van der Waals surface area contributed by atoms with Crippen molar-refractivity contribution in [1.82, 2.24) is 15.1 Å². The van der Waals surface area contributed by atoms with E-state index in [9.17, 15) is 19.5 Å². The first-order valence-electron chi connectivity index (χ1n) is 9.43. The quantitative estimate of drug-likeness (QED) is 0.643. The van der Waals surface area contributed by atoms with Crippen molar-refractivity contribution in [3.8, 4) is 11.3 Å². The van der Waals surface area contributed by atoms with Crippen LogP contribution in [-0.4, -0.2) is 32.8 Å². The minimum Gasteiger partial charge on any atom is -0.480 e. The zero-order chi connectivity index (χ0) is 21.0. The minimum atomic E-state index is -1.10. The van der Waals surface area contributed by atoms with Crippen LogP contribution >= 0.6 is 0 Å². The van der Waals surface area contributed by atoms with Crippen LogP contribution in [0, 0.1) is 5.92 Å². The largest absolute Gasteiger partial charge is 0.480 e. The van der Waals surface area contributed by atoms with E-state index < -0.39 is 23.5 Å². The monoisotopic (exact) mass is 393 g/mol. The fraction of sp³-hybridized carbons (Fsp3) is 0.273. The number of rotatable bonds is 7. The second-order valence-electron chi connectivity index (χ2n) is 7.36. The topological polar surface area (TPSA) is 101 Å². The predicted molar refractivity (Wildman–Crippen MR) is 110 cm³/mol. The fourth-order valence-corrected chi connectivity index (χ4v) is 3.13. The van der Waals surface area contributed by atoms with Crippen molar-refractivity contribution in [3.63, 3.8) is 0 Å². The Morgan fingerprint density at radius 2 is 1.79 bits per heavy atom. The van der Waals surface area contributed by atoms with E-state index in [0.29, 0.717) is 12.1 Å². The Morgan fingerprint density at radius 3 is 2.48 bits per heavy atom. The number of carbonyl (C=O) groups is 2. The lowest BCUT2D eigenvalue weighted by Gasteiger charge is -2.16. The number of carbonyl (C=O) groups excluding carboxylic acids is 1. The first kappa shape index (κ1) is 20.3. The van der Waals surface area contributed by atoms with Gasteiger partial charge >= 0.3 is 5.97 Å². The molecule has 1 atom stereocenters. The first-order valence-corrected chi connectivity index (χ1v) is 9.43. The summed E-state index contributed by atoms with van der Waals surface area (Å²) >= 11 is 0. The van der Waals surface area contributed by atoms with E-state index in [1.807, 2.05) is 56.3 Å². The van der Waals surface area contributed by atoms with Crippen molar-refractivity contribution < 1.29 is 14.7 Å². The molecule has 0 spiro atoms. The third-order valence-electron chi connectivity index (χ3n) is 4.55. The lowest BCUT2D eigenvalue weighted by molar-refractivity contribution is -0.142. The second kappa shape index (κ2) is 8.68. The molecule has 3 aromatic rings. The van der Waals surface area contributed by atoms with Crippen LogP contribution in [0.1, 0.15) is 20.3 Å². The molecule has 0 aliphatic heterocycles. The molecule has 0 radical (unpaired) electrons. The molecule has 0 saturated carbocycles. The molecule has 1 amide bonds. The van der Waals surface area contributed by atoms with Crippen molar-refractivity contribution >= 4 is 22.6 Å². The molecule has 2 aromatic carbocycles. The number of aromatic nitrogens is 2. The smallest absolute Gasteiger partial charge is 0.326 e. The van der Waals surface area contributed by atoms with Gasteiger partial charge in [0.25, 0.3) is 5.56 Å². The third kappa shape index (κ3) is 5.07. The van der Waals surface area contributed by atoms with Crippen LogP contribution in [0.15, 0.2) is 59.4 Å². The van der Waals surface area contributed by atoms with Crippen LogP contribution in [-0.2, 0) is 16.1 Å².